The van der Waals surface area contributed by atoms with Crippen LogP contribution in [0.1, 0.15) is 25.8 Å². The molecule has 0 heterocycles. The van der Waals surface area contributed by atoms with Crippen molar-refractivity contribution in [2.45, 2.75) is 40.1 Å². The maximum atomic E-state index is 12.3. The normalized spacial score (nSPS) is 14.1. The van der Waals surface area contributed by atoms with E-state index in [-0.39, 0.29) is 7.97 Å². The first kappa shape index (κ1) is 17.6. The van der Waals surface area contributed by atoms with Crippen LogP contribution in [-0.2, 0) is 10.0 Å². The lowest BCUT2D eigenvalue weighted by atomic mass is 10.1. The quantitative estimate of drug-likeness (QED) is 0.470. The number of nitrogens with one attached hydrogen (secondary N) is 1. The van der Waals surface area contributed by atoms with Crippen molar-refractivity contribution in [3.63, 3.8) is 0 Å². The van der Waals surface area contributed by atoms with Gasteiger partial charge in [0.15, 0.2) is 0 Å². The van der Waals surface area contributed by atoms with E-state index in [0.717, 1.165) is 12.0 Å². The van der Waals surface area contributed by atoms with Gasteiger partial charge in [0.25, 0.3) is 0 Å². The van der Waals surface area contributed by atoms with Gasteiger partial charge in [-0.1, -0.05) is 76.7 Å². The predicted octanol–water partition coefficient (Wildman–Crippen LogP) is 3.88. The molecular formula is C13H19I2NO2S. The second kappa shape index (κ2) is 7.56. The van der Waals surface area contributed by atoms with Crippen molar-refractivity contribution in [2.75, 3.05) is 0 Å². The van der Waals surface area contributed by atoms with Gasteiger partial charge < -0.3 is 0 Å². The third-order valence-corrected chi connectivity index (χ3v) is 5.91. The lowest BCUT2D eigenvalue weighted by Gasteiger charge is -2.22. The van der Waals surface area contributed by atoms with Gasteiger partial charge in [0, 0.05) is 6.04 Å². The Labute approximate surface area is 143 Å². The smallest absolute Gasteiger partial charge is 0.207 e. The van der Waals surface area contributed by atoms with Gasteiger partial charge in [-0.15, -0.1) is 0 Å². The summed E-state index contributed by atoms with van der Waals surface area (Å²) in [6, 6.07) is 6.89. The summed E-state index contributed by atoms with van der Waals surface area (Å²) in [5, 5.41) is 0. The zero-order valence-electron chi connectivity index (χ0n) is 11.2. The third kappa shape index (κ3) is 5.84. The summed E-state index contributed by atoms with van der Waals surface area (Å²) in [7, 11) is -3.43. The monoisotopic (exact) mass is 507 g/mol. The molecule has 0 fully saturated rings. The van der Waals surface area contributed by atoms with Gasteiger partial charge in [-0.25, -0.2) is 13.1 Å². The predicted molar refractivity (Wildman–Crippen MR) is 96.6 cm³/mol. The lowest BCUT2D eigenvalue weighted by molar-refractivity contribution is 0.486. The van der Waals surface area contributed by atoms with Crippen LogP contribution < -0.4 is 4.72 Å². The number of hydrogen-bond donors (Lipinski definition) is 1. The Morgan fingerprint density at radius 1 is 1.16 bits per heavy atom. The van der Waals surface area contributed by atoms with Crippen molar-refractivity contribution in [1.29, 1.82) is 0 Å². The van der Waals surface area contributed by atoms with Crippen molar-refractivity contribution in [2.24, 2.45) is 5.92 Å². The van der Waals surface area contributed by atoms with Gasteiger partial charge in [-0.2, -0.15) is 0 Å². The highest BCUT2D eigenvalue weighted by molar-refractivity contribution is 14.2. The topological polar surface area (TPSA) is 46.2 Å². The molecule has 0 aliphatic rings. The second-order valence-corrected chi connectivity index (χ2v) is 11.8. The van der Waals surface area contributed by atoms with E-state index in [4.69, 9.17) is 0 Å². The minimum Gasteiger partial charge on any atom is -0.207 e. The van der Waals surface area contributed by atoms with Crippen LogP contribution in [0.25, 0.3) is 0 Å². The summed E-state index contributed by atoms with van der Waals surface area (Å²) in [6.07, 6.45) is 0.835. The fourth-order valence-electron chi connectivity index (χ4n) is 1.70. The summed E-state index contributed by atoms with van der Waals surface area (Å²) in [6.45, 7) is 6.14. The van der Waals surface area contributed by atoms with E-state index < -0.39 is 10.0 Å². The summed E-state index contributed by atoms with van der Waals surface area (Å²) < 4.78 is 27.7. The first-order valence-corrected chi connectivity index (χ1v) is 10.1. The van der Waals surface area contributed by atoms with Crippen LogP contribution in [0.15, 0.2) is 29.2 Å². The Balaban J connectivity index is 2.90. The van der Waals surface area contributed by atoms with Crippen molar-refractivity contribution in [3.05, 3.63) is 29.8 Å². The molecule has 0 aliphatic heterocycles. The van der Waals surface area contributed by atoms with E-state index in [2.05, 4.69) is 63.8 Å². The fourth-order valence-corrected chi connectivity index (χ4v) is 4.39. The molecule has 0 bridgehead atoms. The number of hydrogen-bond acceptors (Lipinski definition) is 2. The zero-order valence-corrected chi connectivity index (χ0v) is 16.4. The summed E-state index contributed by atoms with van der Waals surface area (Å²) in [4.78, 5) is 0.334. The van der Waals surface area contributed by atoms with Gasteiger partial charge in [0.1, 0.15) is 0 Å². The van der Waals surface area contributed by atoms with Crippen molar-refractivity contribution in [3.8, 4) is 0 Å². The van der Waals surface area contributed by atoms with E-state index in [9.17, 15) is 8.42 Å². The maximum absolute atomic E-state index is 12.3. The minimum absolute atomic E-state index is 0.0486. The van der Waals surface area contributed by atoms with Crippen LogP contribution in [0.5, 0.6) is 0 Å². The highest BCUT2D eigenvalue weighted by Crippen LogP contribution is 2.22. The molecule has 0 saturated heterocycles. The zero-order chi connectivity index (χ0) is 14.6. The standard InChI is InChI=1S/C13H19I2NO2S/c1-9(2)8-12(13(14)15)16-19(17,18)11-6-4-10(3)5-7-11/h4-7,9,12-13,16H,8H2,1-3H3. The molecule has 1 rings (SSSR count). The average molecular weight is 507 g/mol. The molecule has 0 saturated carbocycles. The molecule has 1 aromatic carbocycles. The Morgan fingerprint density at radius 3 is 2.11 bits per heavy atom. The molecule has 1 atom stereocenters. The molecule has 108 valence electrons. The SMILES string of the molecule is Cc1ccc(S(=O)(=O)NC(CC(C)C)C(I)I)cc1. The van der Waals surface area contributed by atoms with E-state index in [0.29, 0.717) is 10.8 Å². The average Bonchev–Trinajstić information content (AvgIpc) is 2.27. The van der Waals surface area contributed by atoms with Crippen LogP contribution >= 0.6 is 45.2 Å². The molecule has 6 heteroatoms. The molecule has 3 nitrogen and oxygen atoms in total. The van der Waals surface area contributed by atoms with E-state index >= 15 is 0 Å². The van der Waals surface area contributed by atoms with Crippen molar-refractivity contribution in [1.82, 2.24) is 4.72 Å². The number of alkyl halides is 2. The lowest BCUT2D eigenvalue weighted by Crippen LogP contribution is -2.39. The minimum atomic E-state index is -3.43. The van der Waals surface area contributed by atoms with Crippen LogP contribution in [0.2, 0.25) is 0 Å². The summed E-state index contributed by atoms with van der Waals surface area (Å²) >= 11 is 4.52. The Kier molecular flexibility index (Phi) is 7.02. The first-order valence-electron chi connectivity index (χ1n) is 6.09. The number of sulfonamides is 1. The molecule has 1 aromatic rings. The van der Waals surface area contributed by atoms with Crippen LogP contribution in [0, 0.1) is 12.8 Å². The van der Waals surface area contributed by atoms with Crippen molar-refractivity contribution >= 4 is 55.2 Å². The van der Waals surface area contributed by atoms with Gasteiger partial charge in [-0.3, -0.25) is 0 Å². The number of rotatable bonds is 6. The molecule has 19 heavy (non-hydrogen) atoms. The van der Waals surface area contributed by atoms with Gasteiger partial charge in [-0.05, 0) is 31.4 Å². The molecule has 1 unspecified atom stereocenters. The molecule has 1 N–H and O–H groups in total. The Hall–Kier alpha value is 0.590. The van der Waals surface area contributed by atoms with E-state index in [1.165, 1.54) is 0 Å². The molecule has 0 aliphatic carbocycles. The molecule has 0 spiro atoms. The third-order valence-electron chi connectivity index (χ3n) is 2.67. The van der Waals surface area contributed by atoms with E-state index in [1.807, 2.05) is 19.1 Å². The molecule has 0 radical (unpaired) electrons. The maximum Gasteiger partial charge on any atom is 0.240 e. The largest absolute Gasteiger partial charge is 0.240 e. The first-order chi connectivity index (χ1) is 8.72. The number of halogens is 2. The van der Waals surface area contributed by atoms with Gasteiger partial charge >= 0.3 is 0 Å². The van der Waals surface area contributed by atoms with Gasteiger partial charge in [0.05, 0.1) is 6.83 Å². The van der Waals surface area contributed by atoms with Crippen LogP contribution in [-0.4, -0.2) is 16.4 Å². The van der Waals surface area contributed by atoms with E-state index in [1.54, 1.807) is 12.1 Å². The summed E-state index contributed by atoms with van der Waals surface area (Å²) in [5.41, 5.74) is 1.05. The fraction of sp³-hybridized carbons (Fsp3) is 0.538. The molecule has 0 aromatic heterocycles. The highest BCUT2D eigenvalue weighted by atomic mass is 127. The summed E-state index contributed by atoms with van der Waals surface area (Å²) in [5.74, 6) is 0.456. The molecule has 0 amide bonds. The number of benzene rings is 1. The van der Waals surface area contributed by atoms with Crippen LogP contribution in [0.3, 0.4) is 0 Å². The Morgan fingerprint density at radius 2 is 1.68 bits per heavy atom. The number of aryl methyl sites for hydroxylation is 1. The second-order valence-electron chi connectivity index (χ2n) is 5.00. The molecular weight excluding hydrogens is 488 g/mol. The highest BCUT2D eigenvalue weighted by Gasteiger charge is 2.24. The van der Waals surface area contributed by atoms with Crippen LogP contribution in [0.4, 0.5) is 0 Å². The van der Waals surface area contributed by atoms with Gasteiger partial charge in [0.2, 0.25) is 10.0 Å². The Bertz CT molecular complexity index is 498. The van der Waals surface area contributed by atoms with Crippen molar-refractivity contribution < 1.29 is 8.42 Å².